The second-order valence-corrected chi connectivity index (χ2v) is 12.8. The molecule has 3 atom stereocenters. The number of carbonyl (C=O) groups is 4. The van der Waals surface area contributed by atoms with E-state index < -0.39 is 36.7 Å². The predicted molar refractivity (Wildman–Crippen MR) is 176 cm³/mol. The van der Waals surface area contributed by atoms with Crippen molar-refractivity contribution < 1.29 is 38.9 Å². The Balaban J connectivity index is 4.56. The zero-order valence-electron chi connectivity index (χ0n) is 27.5. The van der Waals surface area contributed by atoms with Gasteiger partial charge in [-0.15, -0.1) is 0 Å². The number of aliphatic hydroxyl groups is 1. The Morgan fingerprint density at radius 2 is 1.16 bits per heavy atom. The second kappa shape index (κ2) is 29.8. The van der Waals surface area contributed by atoms with E-state index >= 15 is 0 Å². The number of nitrogens with two attached hydrogens (primary N) is 1. The average molecular weight is 647 g/mol. The van der Waals surface area contributed by atoms with E-state index in [9.17, 15) is 19.2 Å². The number of carbonyl (C=O) groups excluding carboxylic acids is 3. The molecule has 3 unspecified atom stereocenters. The van der Waals surface area contributed by atoms with Crippen molar-refractivity contribution in [1.29, 1.82) is 0 Å². The van der Waals surface area contributed by atoms with Gasteiger partial charge in [-0.1, -0.05) is 117 Å². The van der Waals surface area contributed by atoms with Crippen molar-refractivity contribution in [1.82, 2.24) is 5.32 Å². The molecule has 0 aromatic rings. The van der Waals surface area contributed by atoms with Crippen LogP contribution in [0.3, 0.4) is 0 Å². The van der Waals surface area contributed by atoms with Crippen molar-refractivity contribution in [2.24, 2.45) is 5.73 Å². The Morgan fingerprint density at radius 1 is 0.705 bits per heavy atom. The monoisotopic (exact) mass is 646 g/mol. The molecular weight excluding hydrogens is 584 g/mol. The molecule has 0 aliphatic heterocycles. The van der Waals surface area contributed by atoms with Gasteiger partial charge in [0.25, 0.3) is 0 Å². The summed E-state index contributed by atoms with van der Waals surface area (Å²) in [6.45, 7) is 3.60. The first kappa shape index (κ1) is 42.1. The highest BCUT2D eigenvalue weighted by molar-refractivity contribution is 7.99. The highest BCUT2D eigenvalue weighted by Crippen LogP contribution is 2.14. The molecule has 258 valence electrons. The van der Waals surface area contributed by atoms with Crippen LogP contribution in [0, 0.1) is 0 Å². The van der Waals surface area contributed by atoms with E-state index in [4.69, 9.17) is 25.4 Å². The van der Waals surface area contributed by atoms with Crippen LogP contribution < -0.4 is 11.1 Å². The molecule has 0 radical (unpaired) electrons. The van der Waals surface area contributed by atoms with Gasteiger partial charge in [-0.25, -0.2) is 4.79 Å². The van der Waals surface area contributed by atoms with Crippen LogP contribution in [0.5, 0.6) is 0 Å². The fourth-order valence-electron chi connectivity index (χ4n) is 4.65. The number of nitrogens with one attached hydrogen (secondary N) is 1. The molecule has 0 aliphatic carbocycles. The zero-order valence-corrected chi connectivity index (χ0v) is 28.3. The highest BCUT2D eigenvalue weighted by atomic mass is 32.2. The molecule has 0 saturated carbocycles. The largest absolute Gasteiger partial charge is 0.480 e. The number of hydrogen-bond acceptors (Lipinski definition) is 9. The number of carboxylic acids is 1. The lowest BCUT2D eigenvalue weighted by Gasteiger charge is -2.19. The number of amides is 1. The molecule has 0 bridgehead atoms. The minimum absolute atomic E-state index is 0.0696. The summed E-state index contributed by atoms with van der Waals surface area (Å²) < 4.78 is 11.1. The molecule has 44 heavy (non-hydrogen) atoms. The van der Waals surface area contributed by atoms with Crippen LogP contribution in [0.2, 0.25) is 0 Å². The second-order valence-electron chi connectivity index (χ2n) is 11.7. The molecule has 10 nitrogen and oxygen atoms in total. The zero-order chi connectivity index (χ0) is 32.8. The van der Waals surface area contributed by atoms with Crippen molar-refractivity contribution in [3.8, 4) is 0 Å². The van der Waals surface area contributed by atoms with Crippen LogP contribution in [0.25, 0.3) is 0 Å². The molecule has 0 rings (SSSR count). The topological polar surface area (TPSA) is 165 Å². The van der Waals surface area contributed by atoms with Gasteiger partial charge in [0, 0.05) is 24.3 Å². The number of aliphatic carboxylic acids is 1. The quantitative estimate of drug-likeness (QED) is 0.0526. The number of rotatable bonds is 31. The van der Waals surface area contributed by atoms with Crippen LogP contribution >= 0.6 is 11.8 Å². The van der Waals surface area contributed by atoms with Gasteiger partial charge in [0.05, 0.1) is 12.6 Å². The van der Waals surface area contributed by atoms with E-state index in [0.717, 1.165) is 38.5 Å². The molecular formula is C33H62N2O8S. The molecule has 11 heteroatoms. The Hall–Kier alpha value is -1.85. The van der Waals surface area contributed by atoms with Crippen LogP contribution in [0.1, 0.15) is 142 Å². The lowest BCUT2D eigenvalue weighted by molar-refractivity contribution is -0.157. The van der Waals surface area contributed by atoms with E-state index in [1.54, 1.807) is 0 Å². The van der Waals surface area contributed by atoms with Crippen molar-refractivity contribution in [3.05, 3.63) is 0 Å². The van der Waals surface area contributed by atoms with Crippen molar-refractivity contribution >= 4 is 35.6 Å². The first-order chi connectivity index (χ1) is 21.2. The summed E-state index contributed by atoms with van der Waals surface area (Å²) in [7, 11) is 0. The van der Waals surface area contributed by atoms with Gasteiger partial charge in [0.15, 0.2) is 0 Å². The van der Waals surface area contributed by atoms with Crippen LogP contribution in [-0.2, 0) is 28.7 Å². The van der Waals surface area contributed by atoms with Gasteiger partial charge in [0.2, 0.25) is 5.91 Å². The number of ether oxygens (including phenoxy) is 2. The first-order valence-corrected chi connectivity index (χ1v) is 18.2. The van der Waals surface area contributed by atoms with E-state index in [-0.39, 0.29) is 30.1 Å². The van der Waals surface area contributed by atoms with Crippen LogP contribution in [0.15, 0.2) is 0 Å². The normalized spacial score (nSPS) is 13.2. The SMILES string of the molecule is CCCCCCCCCCCC(=O)OCC(CSCC(N)C(=O)NC(CO)C(=O)O)OC(=O)CCCCCCCCCCC. The van der Waals surface area contributed by atoms with Gasteiger partial charge in [-0.05, 0) is 12.8 Å². The lowest BCUT2D eigenvalue weighted by atomic mass is 10.1. The van der Waals surface area contributed by atoms with Gasteiger partial charge in [-0.2, -0.15) is 11.8 Å². The highest BCUT2D eigenvalue weighted by Gasteiger charge is 2.24. The van der Waals surface area contributed by atoms with E-state index in [1.807, 2.05) is 0 Å². The summed E-state index contributed by atoms with van der Waals surface area (Å²) in [5.41, 5.74) is 5.89. The maximum absolute atomic E-state index is 12.5. The van der Waals surface area contributed by atoms with Crippen molar-refractivity contribution in [2.75, 3.05) is 24.7 Å². The summed E-state index contributed by atoms with van der Waals surface area (Å²) in [5, 5.41) is 20.3. The van der Waals surface area contributed by atoms with E-state index in [2.05, 4.69) is 19.2 Å². The fourth-order valence-corrected chi connectivity index (χ4v) is 5.61. The van der Waals surface area contributed by atoms with Crippen LogP contribution in [0.4, 0.5) is 0 Å². The summed E-state index contributed by atoms with van der Waals surface area (Å²) >= 11 is 1.25. The fraction of sp³-hybridized carbons (Fsp3) is 0.879. The summed E-state index contributed by atoms with van der Waals surface area (Å²) in [5.74, 6) is -2.34. The molecule has 0 aliphatic rings. The molecule has 0 fully saturated rings. The number of unbranched alkanes of at least 4 members (excludes halogenated alkanes) is 16. The molecule has 0 aromatic heterocycles. The number of aliphatic hydroxyl groups excluding tert-OH is 1. The van der Waals surface area contributed by atoms with Gasteiger partial charge >= 0.3 is 17.9 Å². The minimum Gasteiger partial charge on any atom is -0.480 e. The predicted octanol–water partition coefficient (Wildman–Crippen LogP) is 5.91. The first-order valence-electron chi connectivity index (χ1n) is 17.1. The molecule has 0 spiro atoms. The standard InChI is InChI=1S/C33H62N2O8S/c1-3-5-7-9-11-13-15-17-19-21-30(37)42-24-27(25-44-26-28(34)32(39)35-29(23-36)33(40)41)43-31(38)22-20-18-16-14-12-10-8-6-4-2/h27-29,36H,3-26,34H2,1-2H3,(H,35,39)(H,40,41). The summed E-state index contributed by atoms with van der Waals surface area (Å²) in [4.78, 5) is 48.1. The third-order valence-corrected chi connectivity index (χ3v) is 8.63. The Morgan fingerprint density at radius 3 is 1.61 bits per heavy atom. The number of esters is 2. The van der Waals surface area contributed by atoms with Gasteiger partial charge in [0.1, 0.15) is 18.8 Å². The third kappa shape index (κ3) is 25.5. The molecule has 1 amide bonds. The number of thioether (sulfide) groups is 1. The minimum atomic E-state index is -1.43. The number of carboxylic acid groups (broad SMARTS) is 1. The smallest absolute Gasteiger partial charge is 0.328 e. The van der Waals surface area contributed by atoms with Gasteiger partial charge < -0.3 is 30.7 Å². The maximum Gasteiger partial charge on any atom is 0.328 e. The van der Waals surface area contributed by atoms with Crippen molar-refractivity contribution in [3.63, 3.8) is 0 Å². The molecule has 0 heterocycles. The maximum atomic E-state index is 12.5. The third-order valence-electron chi connectivity index (χ3n) is 7.43. The van der Waals surface area contributed by atoms with E-state index in [0.29, 0.717) is 12.8 Å². The number of hydrogen-bond donors (Lipinski definition) is 4. The van der Waals surface area contributed by atoms with Crippen LogP contribution in [-0.4, -0.2) is 76.9 Å². The lowest BCUT2D eigenvalue weighted by Crippen LogP contribution is -2.50. The molecule has 0 aromatic carbocycles. The van der Waals surface area contributed by atoms with Gasteiger partial charge in [-0.3, -0.25) is 14.4 Å². The summed E-state index contributed by atoms with van der Waals surface area (Å²) in [6.07, 6.45) is 20.6. The van der Waals surface area contributed by atoms with E-state index in [1.165, 1.54) is 88.8 Å². The van der Waals surface area contributed by atoms with Crippen molar-refractivity contribution in [2.45, 2.75) is 160 Å². The Bertz CT molecular complexity index is 755. The molecule has 0 saturated heterocycles. The summed E-state index contributed by atoms with van der Waals surface area (Å²) in [6, 6.07) is -2.46. The Labute approximate surface area is 270 Å². The molecule has 5 N–H and O–H groups in total. The Kier molecular flexibility index (Phi) is 28.6. The average Bonchev–Trinajstić information content (AvgIpc) is 3.00.